The Labute approximate surface area is 104 Å². The number of rotatable bonds is 5. The fraction of sp³-hybridized carbons (Fsp3) is 0.600. The molecule has 2 heteroatoms. The maximum atomic E-state index is 5.13. The van der Waals surface area contributed by atoms with E-state index >= 15 is 0 Å². The Balaban J connectivity index is 1.99. The van der Waals surface area contributed by atoms with Gasteiger partial charge in [0.1, 0.15) is 0 Å². The van der Waals surface area contributed by atoms with Crippen LogP contribution in [0.15, 0.2) is 18.2 Å². The minimum Gasteiger partial charge on any atom is -0.385 e. The molecule has 2 rings (SSSR count). The summed E-state index contributed by atoms with van der Waals surface area (Å²) in [6, 6.07) is 7.90. The van der Waals surface area contributed by atoms with Gasteiger partial charge in [0.15, 0.2) is 0 Å². The van der Waals surface area contributed by atoms with Crippen LogP contribution in [-0.4, -0.2) is 19.8 Å². The van der Waals surface area contributed by atoms with Crippen molar-refractivity contribution in [1.82, 2.24) is 5.32 Å². The van der Waals surface area contributed by atoms with Gasteiger partial charge >= 0.3 is 0 Å². The summed E-state index contributed by atoms with van der Waals surface area (Å²) in [5.41, 5.74) is 4.39. The number of benzene rings is 1. The Hall–Kier alpha value is -0.860. The van der Waals surface area contributed by atoms with Crippen molar-refractivity contribution < 1.29 is 4.74 Å². The quantitative estimate of drug-likeness (QED) is 0.844. The van der Waals surface area contributed by atoms with E-state index in [2.05, 4.69) is 37.4 Å². The normalized spacial score (nSPS) is 20.3. The van der Waals surface area contributed by atoms with E-state index in [0.29, 0.717) is 12.1 Å². The maximum Gasteiger partial charge on any atom is 0.0476 e. The molecule has 17 heavy (non-hydrogen) atoms. The van der Waals surface area contributed by atoms with E-state index in [1.165, 1.54) is 29.5 Å². The molecule has 1 aliphatic carbocycles. The molecular weight excluding hydrogens is 210 g/mol. The summed E-state index contributed by atoms with van der Waals surface area (Å²) < 4.78 is 5.13. The first kappa shape index (κ1) is 12.6. The third kappa shape index (κ3) is 3.08. The molecule has 0 fully saturated rings. The molecular formula is C15H23NO. The van der Waals surface area contributed by atoms with Crippen molar-refractivity contribution in [3.05, 3.63) is 34.9 Å². The van der Waals surface area contributed by atoms with Crippen LogP contribution in [0.5, 0.6) is 0 Å². The monoisotopic (exact) mass is 233 g/mol. The Morgan fingerprint density at radius 3 is 3.06 bits per heavy atom. The molecule has 0 radical (unpaired) electrons. The van der Waals surface area contributed by atoms with Crippen molar-refractivity contribution >= 4 is 0 Å². The highest BCUT2D eigenvalue weighted by atomic mass is 16.5. The fourth-order valence-corrected chi connectivity index (χ4v) is 2.62. The molecule has 1 N–H and O–H groups in total. The lowest BCUT2D eigenvalue weighted by Gasteiger charge is -2.20. The van der Waals surface area contributed by atoms with Gasteiger partial charge in [-0.15, -0.1) is 0 Å². The van der Waals surface area contributed by atoms with Crippen LogP contribution in [0.2, 0.25) is 0 Å². The van der Waals surface area contributed by atoms with E-state index in [4.69, 9.17) is 4.74 Å². The molecule has 1 aromatic carbocycles. The summed E-state index contributed by atoms with van der Waals surface area (Å²) in [7, 11) is 1.76. The predicted molar refractivity (Wildman–Crippen MR) is 71.3 cm³/mol. The molecule has 2 nitrogen and oxygen atoms in total. The van der Waals surface area contributed by atoms with E-state index < -0.39 is 0 Å². The Bertz CT molecular complexity index is 375. The standard InChI is InChI=1S/C15H23NO/c1-11-4-5-13-6-7-15(14(13)10-11)16-12(2)8-9-17-3/h4-5,10,12,15-16H,6-9H2,1-3H3. The molecule has 2 atom stereocenters. The average Bonchev–Trinajstić information content (AvgIpc) is 2.69. The van der Waals surface area contributed by atoms with Gasteiger partial charge in [0.25, 0.3) is 0 Å². The van der Waals surface area contributed by atoms with Gasteiger partial charge in [-0.05, 0) is 44.2 Å². The van der Waals surface area contributed by atoms with E-state index in [1.54, 1.807) is 7.11 Å². The predicted octanol–water partition coefficient (Wildman–Crippen LogP) is 3.00. The maximum absolute atomic E-state index is 5.13. The van der Waals surface area contributed by atoms with Gasteiger partial charge in [0, 0.05) is 25.8 Å². The minimum atomic E-state index is 0.520. The van der Waals surface area contributed by atoms with Crippen LogP contribution in [0.25, 0.3) is 0 Å². The van der Waals surface area contributed by atoms with Crippen molar-refractivity contribution in [3.8, 4) is 0 Å². The van der Waals surface area contributed by atoms with Crippen molar-refractivity contribution in [2.24, 2.45) is 0 Å². The van der Waals surface area contributed by atoms with E-state index in [1.807, 2.05) is 0 Å². The van der Waals surface area contributed by atoms with Crippen LogP contribution < -0.4 is 5.32 Å². The number of hydrogen-bond donors (Lipinski definition) is 1. The Morgan fingerprint density at radius 1 is 1.47 bits per heavy atom. The Morgan fingerprint density at radius 2 is 2.29 bits per heavy atom. The van der Waals surface area contributed by atoms with E-state index in [0.717, 1.165) is 13.0 Å². The second-order valence-corrected chi connectivity index (χ2v) is 5.14. The molecule has 0 saturated heterocycles. The van der Waals surface area contributed by atoms with Gasteiger partial charge in [-0.3, -0.25) is 0 Å². The zero-order valence-corrected chi connectivity index (χ0v) is 11.1. The lowest BCUT2D eigenvalue weighted by Crippen LogP contribution is -2.30. The van der Waals surface area contributed by atoms with Gasteiger partial charge in [0.2, 0.25) is 0 Å². The van der Waals surface area contributed by atoms with Crippen LogP contribution in [0.1, 0.15) is 42.5 Å². The highest BCUT2D eigenvalue weighted by Gasteiger charge is 2.23. The van der Waals surface area contributed by atoms with E-state index in [-0.39, 0.29) is 0 Å². The topological polar surface area (TPSA) is 21.3 Å². The zero-order valence-electron chi connectivity index (χ0n) is 11.1. The third-order valence-corrected chi connectivity index (χ3v) is 3.62. The van der Waals surface area contributed by atoms with Crippen LogP contribution in [0.4, 0.5) is 0 Å². The van der Waals surface area contributed by atoms with Gasteiger partial charge in [-0.25, -0.2) is 0 Å². The Kier molecular flexibility index (Phi) is 4.19. The van der Waals surface area contributed by atoms with Crippen molar-refractivity contribution in [1.29, 1.82) is 0 Å². The zero-order chi connectivity index (χ0) is 12.3. The summed E-state index contributed by atoms with van der Waals surface area (Å²) >= 11 is 0. The highest BCUT2D eigenvalue weighted by Crippen LogP contribution is 2.32. The first-order valence-electron chi connectivity index (χ1n) is 6.55. The number of nitrogens with one attached hydrogen (secondary N) is 1. The highest BCUT2D eigenvalue weighted by molar-refractivity contribution is 5.37. The molecule has 2 unspecified atom stereocenters. The number of ether oxygens (including phenoxy) is 1. The van der Waals surface area contributed by atoms with Gasteiger partial charge in [0.05, 0.1) is 0 Å². The summed E-state index contributed by atoms with van der Waals surface area (Å²) in [6.07, 6.45) is 3.52. The molecule has 0 aromatic heterocycles. The molecule has 0 saturated carbocycles. The summed E-state index contributed by atoms with van der Waals surface area (Å²) in [6.45, 7) is 5.25. The van der Waals surface area contributed by atoms with Crippen molar-refractivity contribution in [3.63, 3.8) is 0 Å². The second kappa shape index (κ2) is 5.65. The summed E-state index contributed by atoms with van der Waals surface area (Å²) in [5, 5.41) is 3.72. The van der Waals surface area contributed by atoms with Crippen LogP contribution in [-0.2, 0) is 11.2 Å². The van der Waals surface area contributed by atoms with Gasteiger partial charge < -0.3 is 10.1 Å². The summed E-state index contributed by atoms with van der Waals surface area (Å²) in [5.74, 6) is 0. The molecule has 94 valence electrons. The van der Waals surface area contributed by atoms with Crippen molar-refractivity contribution in [2.75, 3.05) is 13.7 Å². The number of methoxy groups -OCH3 is 1. The average molecular weight is 233 g/mol. The minimum absolute atomic E-state index is 0.520. The van der Waals surface area contributed by atoms with Crippen LogP contribution in [0.3, 0.4) is 0 Å². The first-order chi connectivity index (χ1) is 8.20. The van der Waals surface area contributed by atoms with Crippen LogP contribution >= 0.6 is 0 Å². The molecule has 0 spiro atoms. The lowest BCUT2D eigenvalue weighted by molar-refractivity contribution is 0.182. The second-order valence-electron chi connectivity index (χ2n) is 5.14. The molecule has 0 bridgehead atoms. The number of fused-ring (bicyclic) bond motifs is 1. The number of aryl methyl sites for hydroxylation is 2. The van der Waals surface area contributed by atoms with Gasteiger partial charge in [-0.1, -0.05) is 23.8 Å². The molecule has 0 amide bonds. The van der Waals surface area contributed by atoms with Crippen LogP contribution in [0, 0.1) is 6.92 Å². The third-order valence-electron chi connectivity index (χ3n) is 3.62. The fourth-order valence-electron chi connectivity index (χ4n) is 2.62. The largest absolute Gasteiger partial charge is 0.385 e. The SMILES string of the molecule is COCCC(C)NC1CCc2ccc(C)cc21. The molecule has 1 aliphatic rings. The lowest BCUT2D eigenvalue weighted by atomic mass is 10.0. The van der Waals surface area contributed by atoms with E-state index in [9.17, 15) is 0 Å². The first-order valence-corrected chi connectivity index (χ1v) is 6.55. The van der Waals surface area contributed by atoms with Gasteiger partial charge in [-0.2, -0.15) is 0 Å². The summed E-state index contributed by atoms with van der Waals surface area (Å²) in [4.78, 5) is 0. The van der Waals surface area contributed by atoms with Crippen molar-refractivity contribution in [2.45, 2.75) is 45.2 Å². The molecule has 0 aliphatic heterocycles. The number of hydrogen-bond acceptors (Lipinski definition) is 2. The smallest absolute Gasteiger partial charge is 0.0476 e. The molecule has 0 heterocycles. The molecule has 1 aromatic rings.